The van der Waals surface area contributed by atoms with Gasteiger partial charge < -0.3 is 4.74 Å². The molecule has 0 aliphatic carbocycles. The molecule has 1 N–H and O–H groups in total. The zero-order chi connectivity index (χ0) is 19.9. The number of carbonyl (C=O) groups is 1. The van der Waals surface area contributed by atoms with Crippen molar-refractivity contribution < 1.29 is 9.53 Å². The lowest BCUT2D eigenvalue weighted by molar-refractivity contribution is -0.112. The summed E-state index contributed by atoms with van der Waals surface area (Å²) in [6, 6.07) is 16.4. The Morgan fingerprint density at radius 3 is 2.61 bits per heavy atom. The molecule has 1 aromatic heterocycles. The number of ether oxygens (including phenoxy) is 1. The number of hydrogen-bond donors (Lipinski definition) is 1. The lowest BCUT2D eigenvalue weighted by atomic mass is 10.1. The van der Waals surface area contributed by atoms with E-state index in [9.17, 15) is 10.1 Å². The van der Waals surface area contributed by atoms with Crippen molar-refractivity contribution in [3.8, 4) is 23.1 Å². The van der Waals surface area contributed by atoms with Crippen molar-refractivity contribution in [1.82, 2.24) is 4.98 Å². The molecule has 0 radical (unpaired) electrons. The Hall–Kier alpha value is -3.14. The van der Waals surface area contributed by atoms with Crippen LogP contribution in [-0.4, -0.2) is 17.5 Å². The molecule has 5 nitrogen and oxygen atoms in total. The van der Waals surface area contributed by atoms with Gasteiger partial charge in [-0.05, 0) is 55.0 Å². The first-order valence-electron chi connectivity index (χ1n) is 8.46. The SMILES string of the molecule is CCOc1ccc(-c2csc(NC(=O)/C(C#N)=C/c3ccc(Cl)cc3)n2)cc1. The Balaban J connectivity index is 1.72. The number of aromatic nitrogens is 1. The van der Waals surface area contributed by atoms with Gasteiger partial charge in [-0.15, -0.1) is 11.3 Å². The molecule has 140 valence electrons. The van der Waals surface area contributed by atoms with Gasteiger partial charge in [0.15, 0.2) is 5.13 Å². The van der Waals surface area contributed by atoms with E-state index in [1.165, 1.54) is 17.4 Å². The highest BCUT2D eigenvalue weighted by Crippen LogP contribution is 2.27. The van der Waals surface area contributed by atoms with Crippen LogP contribution in [0.5, 0.6) is 5.75 Å². The third-order valence-corrected chi connectivity index (χ3v) is 4.74. The van der Waals surface area contributed by atoms with Crippen molar-refractivity contribution in [3.05, 3.63) is 70.1 Å². The van der Waals surface area contributed by atoms with E-state index in [1.54, 1.807) is 24.3 Å². The summed E-state index contributed by atoms with van der Waals surface area (Å²) in [6.45, 7) is 2.54. The molecule has 0 aliphatic rings. The van der Waals surface area contributed by atoms with Crippen molar-refractivity contribution in [2.75, 3.05) is 11.9 Å². The van der Waals surface area contributed by atoms with Gasteiger partial charge in [0, 0.05) is 16.0 Å². The third kappa shape index (κ3) is 4.97. The smallest absolute Gasteiger partial charge is 0.268 e. The summed E-state index contributed by atoms with van der Waals surface area (Å²) in [4.78, 5) is 16.8. The van der Waals surface area contributed by atoms with Crippen molar-refractivity contribution in [1.29, 1.82) is 5.26 Å². The molecule has 0 atom stereocenters. The fourth-order valence-corrected chi connectivity index (χ4v) is 3.23. The van der Waals surface area contributed by atoms with E-state index in [0.717, 1.165) is 17.0 Å². The molecule has 1 amide bonds. The van der Waals surface area contributed by atoms with E-state index < -0.39 is 5.91 Å². The van der Waals surface area contributed by atoms with Crippen molar-refractivity contribution >= 4 is 40.1 Å². The first kappa shape index (κ1) is 19.6. The first-order chi connectivity index (χ1) is 13.6. The van der Waals surface area contributed by atoms with Crippen LogP contribution in [0.25, 0.3) is 17.3 Å². The number of halogens is 1. The van der Waals surface area contributed by atoms with Crippen LogP contribution < -0.4 is 10.1 Å². The van der Waals surface area contributed by atoms with Gasteiger partial charge in [-0.3, -0.25) is 10.1 Å². The van der Waals surface area contributed by atoms with Crippen LogP contribution in [0.4, 0.5) is 5.13 Å². The van der Waals surface area contributed by atoms with Crippen LogP contribution in [0.3, 0.4) is 0 Å². The number of thiazole rings is 1. The molecule has 28 heavy (non-hydrogen) atoms. The Morgan fingerprint density at radius 2 is 1.96 bits per heavy atom. The van der Waals surface area contributed by atoms with Crippen LogP contribution in [0, 0.1) is 11.3 Å². The lowest BCUT2D eigenvalue weighted by Gasteiger charge is -2.03. The molecule has 0 bridgehead atoms. The van der Waals surface area contributed by atoms with E-state index in [1.807, 2.05) is 42.6 Å². The quantitative estimate of drug-likeness (QED) is 0.436. The number of amides is 1. The summed E-state index contributed by atoms with van der Waals surface area (Å²) in [6.07, 6.45) is 1.51. The molecule has 0 saturated heterocycles. The highest BCUT2D eigenvalue weighted by atomic mass is 35.5. The Morgan fingerprint density at radius 1 is 1.25 bits per heavy atom. The van der Waals surface area contributed by atoms with Gasteiger partial charge in [-0.1, -0.05) is 23.7 Å². The predicted octanol–water partition coefficient (Wildman–Crippen LogP) is 5.41. The fourth-order valence-electron chi connectivity index (χ4n) is 2.39. The highest BCUT2D eigenvalue weighted by Gasteiger charge is 2.12. The molecule has 0 aliphatic heterocycles. The minimum Gasteiger partial charge on any atom is -0.494 e. The number of nitrogens with zero attached hydrogens (tertiary/aromatic N) is 2. The lowest BCUT2D eigenvalue weighted by Crippen LogP contribution is -2.13. The van der Waals surface area contributed by atoms with Crippen LogP contribution in [0.2, 0.25) is 5.02 Å². The first-order valence-corrected chi connectivity index (χ1v) is 9.72. The summed E-state index contributed by atoms with van der Waals surface area (Å²) in [5.74, 6) is 0.283. The van der Waals surface area contributed by atoms with Gasteiger partial charge in [-0.25, -0.2) is 4.98 Å². The third-order valence-electron chi connectivity index (χ3n) is 3.73. The van der Waals surface area contributed by atoms with Gasteiger partial charge >= 0.3 is 0 Å². The summed E-state index contributed by atoms with van der Waals surface area (Å²) >= 11 is 7.15. The average molecular weight is 410 g/mol. The van der Waals surface area contributed by atoms with E-state index in [-0.39, 0.29) is 5.57 Å². The number of anilines is 1. The number of carbonyl (C=O) groups excluding carboxylic acids is 1. The molecule has 0 spiro atoms. The summed E-state index contributed by atoms with van der Waals surface area (Å²) < 4.78 is 5.43. The van der Waals surface area contributed by atoms with Crippen LogP contribution in [0.15, 0.2) is 59.5 Å². The molecular weight excluding hydrogens is 394 g/mol. The molecule has 3 rings (SSSR count). The topological polar surface area (TPSA) is 75.0 Å². The fraction of sp³-hybridized carbons (Fsp3) is 0.0952. The number of benzene rings is 2. The minimum absolute atomic E-state index is 0.0138. The minimum atomic E-state index is -0.509. The number of hydrogen-bond acceptors (Lipinski definition) is 5. The number of rotatable bonds is 6. The second-order valence-corrected chi connectivity index (χ2v) is 6.97. The normalized spacial score (nSPS) is 11.0. The van der Waals surface area contributed by atoms with Gasteiger partial charge in [0.2, 0.25) is 0 Å². The maximum atomic E-state index is 12.4. The van der Waals surface area contributed by atoms with Crippen LogP contribution in [0.1, 0.15) is 12.5 Å². The maximum absolute atomic E-state index is 12.4. The second kappa shape index (κ2) is 9.18. The molecular formula is C21H16ClN3O2S. The second-order valence-electron chi connectivity index (χ2n) is 5.67. The number of nitrogens with one attached hydrogen (secondary N) is 1. The standard InChI is InChI=1S/C21H16ClN3O2S/c1-2-27-18-9-5-15(6-10-18)19-13-28-21(24-19)25-20(26)16(12-23)11-14-3-7-17(22)8-4-14/h3-11,13H,2H2,1H3,(H,24,25,26)/b16-11+. The molecule has 0 fully saturated rings. The Bertz CT molecular complexity index is 1030. The molecule has 1 heterocycles. The molecule has 0 unspecified atom stereocenters. The largest absolute Gasteiger partial charge is 0.494 e. The van der Waals surface area contributed by atoms with Gasteiger partial charge in [-0.2, -0.15) is 5.26 Å². The van der Waals surface area contributed by atoms with Gasteiger partial charge in [0.05, 0.1) is 12.3 Å². The zero-order valence-corrected chi connectivity index (χ0v) is 16.6. The monoisotopic (exact) mass is 409 g/mol. The Labute approximate surface area is 171 Å². The molecule has 7 heteroatoms. The van der Waals surface area contributed by atoms with Crippen molar-refractivity contribution in [3.63, 3.8) is 0 Å². The van der Waals surface area contributed by atoms with Crippen molar-refractivity contribution in [2.24, 2.45) is 0 Å². The van der Waals surface area contributed by atoms with Gasteiger partial charge in [0.25, 0.3) is 5.91 Å². The summed E-state index contributed by atoms with van der Waals surface area (Å²) in [5.41, 5.74) is 2.35. The maximum Gasteiger partial charge on any atom is 0.268 e. The van der Waals surface area contributed by atoms with E-state index in [2.05, 4.69) is 10.3 Å². The molecule has 3 aromatic rings. The van der Waals surface area contributed by atoms with Crippen LogP contribution >= 0.6 is 22.9 Å². The van der Waals surface area contributed by atoms with E-state index >= 15 is 0 Å². The zero-order valence-electron chi connectivity index (χ0n) is 15.0. The summed E-state index contributed by atoms with van der Waals surface area (Å²) in [7, 11) is 0. The van der Waals surface area contributed by atoms with Crippen LogP contribution in [-0.2, 0) is 4.79 Å². The van der Waals surface area contributed by atoms with Gasteiger partial charge in [0.1, 0.15) is 17.4 Å². The summed E-state index contributed by atoms with van der Waals surface area (Å²) in [5, 5.41) is 14.8. The number of nitriles is 1. The van der Waals surface area contributed by atoms with Crippen molar-refractivity contribution in [2.45, 2.75) is 6.92 Å². The predicted molar refractivity (Wildman–Crippen MR) is 112 cm³/mol. The molecule has 2 aromatic carbocycles. The Kier molecular flexibility index (Phi) is 6.43. The van der Waals surface area contributed by atoms with E-state index in [0.29, 0.717) is 22.3 Å². The van der Waals surface area contributed by atoms with E-state index in [4.69, 9.17) is 16.3 Å². The highest BCUT2D eigenvalue weighted by molar-refractivity contribution is 7.14. The average Bonchev–Trinajstić information content (AvgIpc) is 3.16. The molecule has 0 saturated carbocycles.